The Labute approximate surface area is 44.4 Å². The monoisotopic (exact) mass is 117 g/mol. The molecule has 6 heavy (non-hydrogen) atoms. The van der Waals surface area contributed by atoms with E-state index in [1.807, 2.05) is 0 Å². The van der Waals surface area contributed by atoms with Crippen LogP contribution in [0.2, 0.25) is 0 Å². The van der Waals surface area contributed by atoms with Crippen LogP contribution in [0.5, 0.6) is 0 Å². The molecule has 0 amide bonds. The van der Waals surface area contributed by atoms with Crippen molar-refractivity contribution in [1.29, 1.82) is 0 Å². The summed E-state index contributed by atoms with van der Waals surface area (Å²) in [6.45, 7) is 0. The molecule has 0 saturated heterocycles. The minimum atomic E-state index is -0.468. The van der Waals surface area contributed by atoms with Crippen molar-refractivity contribution >= 4 is 27.1 Å². The van der Waals surface area contributed by atoms with E-state index in [1.54, 1.807) is 0 Å². The second-order valence-corrected chi connectivity index (χ2v) is 1.34. The number of carbonyl (C=O) groups excluding carboxylic acids is 1. The Morgan fingerprint density at radius 1 is 1.83 bits per heavy atom. The third-order valence-electron chi connectivity index (χ3n) is 0.214. The van der Waals surface area contributed by atoms with E-state index < -0.39 is 5.24 Å². The van der Waals surface area contributed by atoms with Crippen LogP contribution < -0.4 is 0 Å². The average Bonchev–Trinajstić information content (AvgIpc) is 1.35. The molecule has 0 aliphatic heterocycles. The quantitative estimate of drug-likeness (QED) is 0.277. The Morgan fingerprint density at radius 3 is 2.33 bits per heavy atom. The van der Waals surface area contributed by atoms with Crippen molar-refractivity contribution in [3.63, 3.8) is 0 Å². The molecule has 0 aromatic heterocycles. The maximum Gasteiger partial charge on any atom is 0.244 e. The maximum absolute atomic E-state index is 9.69. The molecule has 0 spiro atoms. The summed E-state index contributed by atoms with van der Waals surface area (Å²) in [5.74, 6) is 0. The van der Waals surface area contributed by atoms with Crippen LogP contribution in [-0.2, 0) is 4.79 Å². The first-order valence-electron chi connectivity index (χ1n) is 1.30. The first-order valence-corrected chi connectivity index (χ1v) is 2.26. The minimum Gasteiger partial charge on any atom is -0.276 e. The molecule has 1 nitrogen and oxygen atoms in total. The predicted molar refractivity (Wildman–Crippen MR) is 25.8 cm³/mol. The van der Waals surface area contributed by atoms with Crippen molar-refractivity contribution in [2.45, 2.75) is 0 Å². The van der Waals surface area contributed by atoms with Gasteiger partial charge in [0.1, 0.15) is 0 Å². The molecule has 0 aromatic rings. The van der Waals surface area contributed by atoms with Gasteiger partial charge in [-0.1, -0.05) is 5.70 Å². The van der Waals surface area contributed by atoms with Gasteiger partial charge in [0.2, 0.25) is 5.24 Å². The van der Waals surface area contributed by atoms with Crippen LogP contribution in [-0.4, -0.2) is 15.5 Å². The van der Waals surface area contributed by atoms with E-state index in [0.29, 0.717) is 0 Å². The van der Waals surface area contributed by atoms with Gasteiger partial charge < -0.3 is 0 Å². The Balaban J connectivity index is 3.30. The zero-order valence-corrected chi connectivity index (χ0v) is 4.70. The van der Waals surface area contributed by atoms with Crippen molar-refractivity contribution in [3.8, 4) is 0 Å². The topological polar surface area (TPSA) is 17.1 Å². The lowest BCUT2D eigenvalue weighted by atomic mass is 10.7. The molecule has 0 saturated carbocycles. The fourth-order valence-corrected chi connectivity index (χ4v) is 0.386. The molecule has 0 heterocycles. The van der Waals surface area contributed by atoms with Gasteiger partial charge in [-0.2, -0.15) is 0 Å². The van der Waals surface area contributed by atoms with Gasteiger partial charge >= 0.3 is 0 Å². The van der Waals surface area contributed by atoms with Gasteiger partial charge in [-0.3, -0.25) is 4.79 Å². The van der Waals surface area contributed by atoms with Crippen molar-refractivity contribution in [1.82, 2.24) is 0 Å². The van der Waals surface area contributed by atoms with Crippen LogP contribution in [0.4, 0.5) is 0 Å². The standard InChI is InChI=1S/C3H2ClOSi/c4-3(5)1-2-6/h1-2H. The molecular weight excluding hydrogens is 116 g/mol. The first kappa shape index (κ1) is 5.92. The van der Waals surface area contributed by atoms with Crippen LogP contribution in [0.1, 0.15) is 0 Å². The normalized spacial score (nSPS) is 9.67. The molecule has 0 unspecified atom stereocenters. The molecule has 0 aliphatic carbocycles. The third-order valence-corrected chi connectivity index (χ3v) is 0.507. The highest BCUT2D eigenvalue weighted by molar-refractivity contribution is 6.66. The van der Waals surface area contributed by atoms with E-state index in [4.69, 9.17) is 11.6 Å². The number of hydrogen-bond acceptors (Lipinski definition) is 1. The Hall–Kier alpha value is -0.0831. The van der Waals surface area contributed by atoms with Crippen molar-refractivity contribution < 1.29 is 4.79 Å². The summed E-state index contributed by atoms with van der Waals surface area (Å²) in [7, 11) is 2.91. The molecule has 3 radical (unpaired) electrons. The lowest BCUT2D eigenvalue weighted by Gasteiger charge is -1.64. The highest BCUT2D eigenvalue weighted by Crippen LogP contribution is 1.77. The van der Waals surface area contributed by atoms with E-state index in [-0.39, 0.29) is 0 Å². The van der Waals surface area contributed by atoms with E-state index in [2.05, 4.69) is 10.2 Å². The number of allylic oxidation sites excluding steroid dienone is 1. The highest BCUT2D eigenvalue weighted by atomic mass is 35.5. The average molecular weight is 118 g/mol. The fourth-order valence-electron chi connectivity index (χ4n) is 0.0655. The van der Waals surface area contributed by atoms with Crippen LogP contribution in [0.15, 0.2) is 11.8 Å². The van der Waals surface area contributed by atoms with Gasteiger partial charge in [-0.05, 0) is 17.7 Å². The van der Waals surface area contributed by atoms with Crippen LogP contribution >= 0.6 is 11.6 Å². The molecule has 0 rings (SSSR count). The molecule has 31 valence electrons. The minimum absolute atomic E-state index is 0.468. The Kier molecular flexibility index (Phi) is 3.08. The van der Waals surface area contributed by atoms with Crippen molar-refractivity contribution in [3.05, 3.63) is 11.8 Å². The van der Waals surface area contributed by atoms with Gasteiger partial charge in [0.25, 0.3) is 0 Å². The smallest absolute Gasteiger partial charge is 0.244 e. The Morgan fingerprint density at radius 2 is 2.33 bits per heavy atom. The lowest BCUT2D eigenvalue weighted by molar-refractivity contribution is -0.107. The summed E-state index contributed by atoms with van der Waals surface area (Å²) < 4.78 is 0. The SMILES string of the molecule is O=C(Cl)C=C[Si]. The van der Waals surface area contributed by atoms with E-state index >= 15 is 0 Å². The molecule has 0 N–H and O–H groups in total. The van der Waals surface area contributed by atoms with Gasteiger partial charge in [0.05, 0.1) is 10.2 Å². The largest absolute Gasteiger partial charge is 0.276 e. The summed E-state index contributed by atoms with van der Waals surface area (Å²) in [6, 6.07) is 0. The molecule has 0 aliphatic rings. The first-order chi connectivity index (χ1) is 2.77. The van der Waals surface area contributed by atoms with Gasteiger partial charge in [0, 0.05) is 0 Å². The predicted octanol–water partition coefficient (Wildman–Crippen LogP) is 0.434. The zero-order chi connectivity index (χ0) is 4.99. The molecule has 3 heteroatoms. The van der Waals surface area contributed by atoms with Gasteiger partial charge in [-0.15, -0.1) is 0 Å². The maximum atomic E-state index is 9.69. The fraction of sp³-hybridized carbons (Fsp3) is 0. The number of hydrogen-bond donors (Lipinski definition) is 0. The summed E-state index contributed by atoms with van der Waals surface area (Å²) in [4.78, 5) is 9.69. The summed E-state index contributed by atoms with van der Waals surface area (Å²) in [5, 5.41) is -0.468. The van der Waals surface area contributed by atoms with Crippen molar-refractivity contribution in [2.24, 2.45) is 0 Å². The zero-order valence-electron chi connectivity index (χ0n) is 2.94. The van der Waals surface area contributed by atoms with Gasteiger partial charge in [0.15, 0.2) is 0 Å². The van der Waals surface area contributed by atoms with E-state index in [9.17, 15) is 4.79 Å². The summed E-state index contributed by atoms with van der Waals surface area (Å²) >= 11 is 4.82. The van der Waals surface area contributed by atoms with Crippen molar-refractivity contribution in [2.75, 3.05) is 0 Å². The molecule has 0 bridgehead atoms. The van der Waals surface area contributed by atoms with Crippen LogP contribution in [0, 0.1) is 0 Å². The summed E-state index contributed by atoms with van der Waals surface area (Å²) in [6.07, 6.45) is 1.21. The molecular formula is C3H2ClOSi. The summed E-state index contributed by atoms with van der Waals surface area (Å²) in [5.41, 5.74) is 1.40. The third kappa shape index (κ3) is 3.92. The van der Waals surface area contributed by atoms with Crippen LogP contribution in [0.3, 0.4) is 0 Å². The van der Waals surface area contributed by atoms with E-state index in [0.717, 1.165) is 0 Å². The van der Waals surface area contributed by atoms with Crippen LogP contribution in [0.25, 0.3) is 0 Å². The Bertz CT molecular complexity index is 78.9. The highest BCUT2D eigenvalue weighted by Gasteiger charge is 1.77. The molecule has 0 atom stereocenters. The molecule has 0 fully saturated rings. The molecule has 0 aromatic carbocycles. The van der Waals surface area contributed by atoms with E-state index in [1.165, 1.54) is 11.8 Å². The van der Waals surface area contributed by atoms with Gasteiger partial charge in [-0.25, -0.2) is 0 Å². The number of halogens is 1. The second kappa shape index (κ2) is 3.12. The number of carbonyl (C=O) groups is 1. The lowest BCUT2D eigenvalue weighted by Crippen LogP contribution is -1.71. The second-order valence-electron chi connectivity index (χ2n) is 0.637. The number of rotatable bonds is 1.